The van der Waals surface area contributed by atoms with E-state index < -0.39 is 0 Å². The molecule has 0 spiro atoms. The second-order valence-electron chi connectivity index (χ2n) is 6.77. The third kappa shape index (κ3) is 6.51. The van der Waals surface area contributed by atoms with E-state index >= 15 is 0 Å². The Morgan fingerprint density at radius 1 is 1.00 bits per heavy atom. The molecule has 0 atom stereocenters. The first-order valence-corrected chi connectivity index (χ1v) is 9.89. The maximum atomic E-state index is 12.1. The highest BCUT2D eigenvalue weighted by atomic mass is 127. The fraction of sp³-hybridized carbons (Fsp3) is 0.364. The molecule has 0 unspecified atom stereocenters. The SMILES string of the molecule is CN=C(NCCNC(=O)c1ccccc1)N1CCN(c2cccc(OC)c2)CC1.I. The zero-order valence-corrected chi connectivity index (χ0v) is 19.8. The van der Waals surface area contributed by atoms with Gasteiger partial charge in [0.25, 0.3) is 5.91 Å². The fourth-order valence-corrected chi connectivity index (χ4v) is 3.36. The van der Waals surface area contributed by atoms with E-state index in [-0.39, 0.29) is 29.9 Å². The van der Waals surface area contributed by atoms with Gasteiger partial charge in [-0.15, -0.1) is 24.0 Å². The second-order valence-corrected chi connectivity index (χ2v) is 6.77. The number of benzene rings is 2. The predicted molar refractivity (Wildman–Crippen MR) is 132 cm³/mol. The molecule has 0 saturated carbocycles. The molecule has 3 rings (SSSR count). The zero-order chi connectivity index (χ0) is 20.5. The number of halogens is 1. The maximum absolute atomic E-state index is 12.1. The lowest BCUT2D eigenvalue weighted by Gasteiger charge is -2.37. The van der Waals surface area contributed by atoms with Crippen LogP contribution in [0.15, 0.2) is 59.6 Å². The normalized spacial score (nSPS) is 14.0. The standard InChI is InChI=1S/C22H29N5O2.HI/c1-23-22(25-12-11-24-21(28)18-7-4-3-5-8-18)27-15-13-26(14-16-27)19-9-6-10-20(17-19)29-2;/h3-10,17H,11-16H2,1-2H3,(H,23,25)(H,24,28);1H. The van der Waals surface area contributed by atoms with E-state index in [1.807, 2.05) is 42.5 Å². The van der Waals surface area contributed by atoms with Gasteiger partial charge in [0, 0.05) is 63.6 Å². The number of methoxy groups -OCH3 is 1. The molecule has 7 nitrogen and oxygen atoms in total. The number of hydrogen-bond donors (Lipinski definition) is 2. The Labute approximate surface area is 195 Å². The van der Waals surface area contributed by atoms with Crippen LogP contribution in [0, 0.1) is 0 Å². The van der Waals surface area contributed by atoms with Gasteiger partial charge in [-0.25, -0.2) is 0 Å². The molecular formula is C22H30IN5O2. The van der Waals surface area contributed by atoms with Crippen molar-refractivity contribution in [3.05, 3.63) is 60.2 Å². The van der Waals surface area contributed by atoms with Crippen LogP contribution in [0.5, 0.6) is 5.75 Å². The molecule has 8 heteroatoms. The molecule has 2 aromatic rings. The van der Waals surface area contributed by atoms with Gasteiger partial charge in [0.1, 0.15) is 5.75 Å². The molecule has 162 valence electrons. The molecule has 2 aromatic carbocycles. The van der Waals surface area contributed by atoms with E-state index in [0.29, 0.717) is 18.7 Å². The van der Waals surface area contributed by atoms with E-state index in [0.717, 1.165) is 37.9 Å². The summed E-state index contributed by atoms with van der Waals surface area (Å²) >= 11 is 0. The Kier molecular flexibility index (Phi) is 9.72. The van der Waals surface area contributed by atoms with Crippen LogP contribution >= 0.6 is 24.0 Å². The van der Waals surface area contributed by atoms with Crippen molar-refractivity contribution < 1.29 is 9.53 Å². The van der Waals surface area contributed by atoms with E-state index in [4.69, 9.17) is 4.74 Å². The van der Waals surface area contributed by atoms with Gasteiger partial charge in [0.05, 0.1) is 7.11 Å². The summed E-state index contributed by atoms with van der Waals surface area (Å²) in [5.74, 6) is 1.68. The number of aliphatic imine (C=N–C) groups is 1. The smallest absolute Gasteiger partial charge is 0.251 e. The molecule has 1 amide bonds. The van der Waals surface area contributed by atoms with Crippen molar-refractivity contribution >= 4 is 41.5 Å². The van der Waals surface area contributed by atoms with Gasteiger partial charge < -0.3 is 25.2 Å². The van der Waals surface area contributed by atoms with Gasteiger partial charge in [0.2, 0.25) is 0 Å². The number of anilines is 1. The molecule has 0 bridgehead atoms. The molecule has 0 radical (unpaired) electrons. The van der Waals surface area contributed by atoms with Gasteiger partial charge in [0.15, 0.2) is 5.96 Å². The summed E-state index contributed by atoms with van der Waals surface area (Å²) in [6.45, 7) is 4.76. The Balaban J connectivity index is 0.00000320. The lowest BCUT2D eigenvalue weighted by atomic mass is 10.2. The van der Waals surface area contributed by atoms with E-state index in [2.05, 4.69) is 37.6 Å². The summed E-state index contributed by atoms with van der Waals surface area (Å²) in [5.41, 5.74) is 1.85. The first-order chi connectivity index (χ1) is 14.2. The minimum atomic E-state index is -0.0608. The number of amides is 1. The summed E-state index contributed by atoms with van der Waals surface area (Å²) in [6.07, 6.45) is 0. The summed E-state index contributed by atoms with van der Waals surface area (Å²) in [6, 6.07) is 17.4. The minimum Gasteiger partial charge on any atom is -0.497 e. The molecular weight excluding hydrogens is 493 g/mol. The number of rotatable bonds is 6. The predicted octanol–water partition coefficient (Wildman–Crippen LogP) is 2.44. The third-order valence-electron chi connectivity index (χ3n) is 4.94. The van der Waals surface area contributed by atoms with Crippen LogP contribution in [0.2, 0.25) is 0 Å². The number of ether oxygens (including phenoxy) is 1. The summed E-state index contributed by atoms with van der Waals surface area (Å²) in [7, 11) is 3.48. The second kappa shape index (κ2) is 12.3. The van der Waals surface area contributed by atoms with Gasteiger partial charge in [-0.05, 0) is 24.3 Å². The van der Waals surface area contributed by atoms with Gasteiger partial charge >= 0.3 is 0 Å². The lowest BCUT2D eigenvalue weighted by Crippen LogP contribution is -2.53. The van der Waals surface area contributed by atoms with Crippen molar-refractivity contribution in [3.63, 3.8) is 0 Å². The molecule has 1 aliphatic rings. The summed E-state index contributed by atoms with van der Waals surface area (Å²) in [4.78, 5) is 21.1. The van der Waals surface area contributed by atoms with Crippen LogP contribution in [0.4, 0.5) is 5.69 Å². The number of nitrogens with zero attached hydrogens (tertiary/aromatic N) is 3. The van der Waals surface area contributed by atoms with Crippen LogP contribution in [-0.4, -0.2) is 70.2 Å². The summed E-state index contributed by atoms with van der Waals surface area (Å²) in [5, 5.41) is 6.27. The molecule has 1 saturated heterocycles. The molecule has 1 heterocycles. The first kappa shape index (κ1) is 23.8. The van der Waals surface area contributed by atoms with Crippen molar-refractivity contribution in [2.24, 2.45) is 4.99 Å². The highest BCUT2D eigenvalue weighted by Crippen LogP contribution is 2.22. The van der Waals surface area contributed by atoms with Crippen molar-refractivity contribution in [1.29, 1.82) is 0 Å². The van der Waals surface area contributed by atoms with Gasteiger partial charge in [-0.2, -0.15) is 0 Å². The fourth-order valence-electron chi connectivity index (χ4n) is 3.36. The van der Waals surface area contributed by atoms with Crippen molar-refractivity contribution in [1.82, 2.24) is 15.5 Å². The Morgan fingerprint density at radius 3 is 2.37 bits per heavy atom. The lowest BCUT2D eigenvalue weighted by molar-refractivity contribution is 0.0954. The molecule has 1 aliphatic heterocycles. The minimum absolute atomic E-state index is 0. The molecule has 2 N–H and O–H groups in total. The monoisotopic (exact) mass is 523 g/mol. The third-order valence-corrected chi connectivity index (χ3v) is 4.94. The number of piperazine rings is 1. The van der Waals surface area contributed by atoms with Crippen molar-refractivity contribution in [2.45, 2.75) is 0 Å². The number of carbonyl (C=O) groups excluding carboxylic acids is 1. The van der Waals surface area contributed by atoms with E-state index in [1.54, 1.807) is 14.2 Å². The average molecular weight is 523 g/mol. The topological polar surface area (TPSA) is 69.2 Å². The highest BCUT2D eigenvalue weighted by molar-refractivity contribution is 14.0. The van der Waals surface area contributed by atoms with Crippen LogP contribution in [0.25, 0.3) is 0 Å². The number of hydrogen-bond acceptors (Lipinski definition) is 4. The van der Waals surface area contributed by atoms with Gasteiger partial charge in [-0.3, -0.25) is 9.79 Å². The van der Waals surface area contributed by atoms with Crippen molar-refractivity contribution in [2.75, 3.05) is 58.3 Å². The zero-order valence-electron chi connectivity index (χ0n) is 17.5. The Bertz CT molecular complexity index is 823. The first-order valence-electron chi connectivity index (χ1n) is 9.89. The quantitative estimate of drug-likeness (QED) is 0.264. The van der Waals surface area contributed by atoms with E-state index in [1.165, 1.54) is 5.69 Å². The van der Waals surface area contributed by atoms with Crippen LogP contribution in [0.3, 0.4) is 0 Å². The summed E-state index contributed by atoms with van der Waals surface area (Å²) < 4.78 is 5.33. The van der Waals surface area contributed by atoms with E-state index in [9.17, 15) is 4.79 Å². The highest BCUT2D eigenvalue weighted by Gasteiger charge is 2.20. The largest absolute Gasteiger partial charge is 0.497 e. The number of carbonyl (C=O) groups is 1. The maximum Gasteiger partial charge on any atom is 0.251 e. The van der Waals surface area contributed by atoms with Crippen molar-refractivity contribution in [3.8, 4) is 5.75 Å². The molecule has 1 fully saturated rings. The molecule has 30 heavy (non-hydrogen) atoms. The van der Waals surface area contributed by atoms with Crippen LogP contribution in [0.1, 0.15) is 10.4 Å². The van der Waals surface area contributed by atoms with Gasteiger partial charge in [-0.1, -0.05) is 24.3 Å². The molecule has 0 aliphatic carbocycles. The van der Waals surface area contributed by atoms with Crippen LogP contribution < -0.4 is 20.3 Å². The van der Waals surface area contributed by atoms with Crippen LogP contribution in [-0.2, 0) is 0 Å². The number of nitrogens with one attached hydrogen (secondary N) is 2. The average Bonchev–Trinajstić information content (AvgIpc) is 2.80. The molecule has 0 aromatic heterocycles. The number of guanidine groups is 1. The Morgan fingerprint density at radius 2 is 1.70 bits per heavy atom. The Hall–Kier alpha value is -2.49.